The van der Waals surface area contributed by atoms with E-state index >= 15 is 0 Å². The Hall–Kier alpha value is -1.22. The molecule has 0 bridgehead atoms. The summed E-state index contributed by atoms with van der Waals surface area (Å²) in [7, 11) is -4.00. The molecule has 0 heterocycles. The number of sulfonamides is 1. The van der Waals surface area contributed by atoms with E-state index in [1.54, 1.807) is 0 Å². The quantitative estimate of drug-likeness (QED) is 0.495. The lowest BCUT2D eigenvalue weighted by Crippen LogP contribution is -2.23. The average Bonchev–Trinajstić information content (AvgIpc) is 2.23. The molecule has 1 aromatic rings. The van der Waals surface area contributed by atoms with Crippen molar-refractivity contribution in [2.75, 3.05) is 7.05 Å². The standard InChI is InChI=1S/C7H4F5NO2S/c1-13-16(14,15)7-5(11)3(9)2(8)4(10)6(7)12/h13H,1H3. The van der Waals surface area contributed by atoms with E-state index in [2.05, 4.69) is 0 Å². The van der Waals surface area contributed by atoms with Crippen molar-refractivity contribution >= 4 is 10.0 Å². The van der Waals surface area contributed by atoms with Gasteiger partial charge in [0.15, 0.2) is 28.2 Å². The van der Waals surface area contributed by atoms with Gasteiger partial charge in [0, 0.05) is 0 Å². The molecule has 0 saturated heterocycles. The number of rotatable bonds is 2. The number of halogens is 5. The maximum Gasteiger partial charge on any atom is 0.246 e. The summed E-state index contributed by atoms with van der Waals surface area (Å²) in [5.74, 6) is -11.8. The summed E-state index contributed by atoms with van der Waals surface area (Å²) in [6.07, 6.45) is 0. The molecule has 0 aliphatic carbocycles. The van der Waals surface area contributed by atoms with Gasteiger partial charge in [0.1, 0.15) is 0 Å². The van der Waals surface area contributed by atoms with Gasteiger partial charge in [-0.25, -0.2) is 35.1 Å². The van der Waals surface area contributed by atoms with Crippen LogP contribution in [-0.4, -0.2) is 15.5 Å². The van der Waals surface area contributed by atoms with Gasteiger partial charge in [-0.05, 0) is 7.05 Å². The van der Waals surface area contributed by atoms with E-state index in [1.807, 2.05) is 0 Å². The Morgan fingerprint density at radius 3 is 1.44 bits per heavy atom. The van der Waals surface area contributed by atoms with E-state index in [1.165, 1.54) is 4.72 Å². The SMILES string of the molecule is CNS(=O)(=O)c1c(F)c(F)c(F)c(F)c1F. The molecule has 0 atom stereocenters. The number of benzene rings is 1. The summed E-state index contributed by atoms with van der Waals surface area (Å²) >= 11 is 0. The molecular weight excluding hydrogens is 257 g/mol. The fourth-order valence-electron chi connectivity index (χ4n) is 0.923. The lowest BCUT2D eigenvalue weighted by molar-refractivity contribution is 0.357. The molecule has 0 aromatic heterocycles. The molecule has 1 rings (SSSR count). The van der Waals surface area contributed by atoms with Gasteiger partial charge in [-0.3, -0.25) is 0 Å². The topological polar surface area (TPSA) is 46.2 Å². The van der Waals surface area contributed by atoms with Crippen LogP contribution in [0.5, 0.6) is 0 Å². The van der Waals surface area contributed by atoms with Gasteiger partial charge in [0.25, 0.3) is 0 Å². The van der Waals surface area contributed by atoms with Crippen molar-refractivity contribution in [3.8, 4) is 0 Å². The smallest absolute Gasteiger partial charge is 0.214 e. The Morgan fingerprint density at radius 1 is 0.812 bits per heavy atom. The average molecular weight is 261 g/mol. The summed E-state index contributed by atoms with van der Waals surface area (Å²) in [6.45, 7) is 0. The molecule has 3 nitrogen and oxygen atoms in total. The van der Waals surface area contributed by atoms with Crippen LogP contribution in [0.3, 0.4) is 0 Å². The number of nitrogens with one attached hydrogen (secondary N) is 1. The molecule has 0 unspecified atom stereocenters. The lowest BCUT2D eigenvalue weighted by Gasteiger charge is -2.07. The van der Waals surface area contributed by atoms with Crippen LogP contribution < -0.4 is 4.72 Å². The highest BCUT2D eigenvalue weighted by Gasteiger charge is 2.32. The van der Waals surface area contributed by atoms with Crippen molar-refractivity contribution in [3.63, 3.8) is 0 Å². The minimum atomic E-state index is -4.77. The molecule has 90 valence electrons. The van der Waals surface area contributed by atoms with Crippen molar-refractivity contribution in [1.82, 2.24) is 4.72 Å². The Kier molecular flexibility index (Phi) is 3.20. The highest BCUT2D eigenvalue weighted by Crippen LogP contribution is 2.26. The normalized spacial score (nSPS) is 11.9. The van der Waals surface area contributed by atoms with Crippen LogP contribution in [0.4, 0.5) is 22.0 Å². The van der Waals surface area contributed by atoms with Crippen LogP contribution in [0.1, 0.15) is 0 Å². The third-order valence-corrected chi connectivity index (χ3v) is 3.14. The molecule has 1 N–H and O–H groups in total. The molecule has 0 fully saturated rings. The van der Waals surface area contributed by atoms with Crippen LogP contribution in [0, 0.1) is 29.1 Å². The molecule has 0 amide bonds. The van der Waals surface area contributed by atoms with E-state index in [-0.39, 0.29) is 0 Å². The molecule has 0 spiro atoms. The van der Waals surface area contributed by atoms with Crippen LogP contribution >= 0.6 is 0 Å². The third-order valence-electron chi connectivity index (χ3n) is 1.71. The summed E-state index contributed by atoms with van der Waals surface area (Å²) in [6, 6.07) is 0. The largest absolute Gasteiger partial charge is 0.246 e. The first-order valence-corrected chi connectivity index (χ1v) is 5.17. The summed E-state index contributed by atoms with van der Waals surface area (Å²) < 4.78 is 87.1. The lowest BCUT2D eigenvalue weighted by atomic mass is 10.3. The minimum Gasteiger partial charge on any atom is -0.214 e. The second-order valence-corrected chi connectivity index (χ2v) is 4.43. The zero-order valence-corrected chi connectivity index (χ0v) is 8.43. The van der Waals surface area contributed by atoms with E-state index in [0.717, 1.165) is 7.05 Å². The van der Waals surface area contributed by atoms with E-state index in [4.69, 9.17) is 0 Å². The second-order valence-electron chi connectivity index (χ2n) is 2.61. The van der Waals surface area contributed by atoms with Gasteiger partial charge in [-0.15, -0.1) is 0 Å². The van der Waals surface area contributed by atoms with Gasteiger partial charge in [0.2, 0.25) is 15.8 Å². The van der Waals surface area contributed by atoms with Crippen molar-refractivity contribution in [3.05, 3.63) is 29.1 Å². The maximum absolute atomic E-state index is 12.9. The van der Waals surface area contributed by atoms with Gasteiger partial charge in [-0.2, -0.15) is 0 Å². The molecular formula is C7H4F5NO2S. The van der Waals surface area contributed by atoms with Crippen molar-refractivity contribution < 1.29 is 30.4 Å². The van der Waals surface area contributed by atoms with Crippen LogP contribution in [0.25, 0.3) is 0 Å². The van der Waals surface area contributed by atoms with E-state index in [0.29, 0.717) is 0 Å². The molecule has 0 aliphatic heterocycles. The molecule has 1 aromatic carbocycles. The van der Waals surface area contributed by atoms with Gasteiger partial charge >= 0.3 is 0 Å². The molecule has 0 radical (unpaired) electrons. The van der Waals surface area contributed by atoms with Crippen molar-refractivity contribution in [2.24, 2.45) is 0 Å². The molecule has 16 heavy (non-hydrogen) atoms. The summed E-state index contributed by atoms with van der Waals surface area (Å²) in [5, 5.41) is 0. The first-order valence-electron chi connectivity index (χ1n) is 3.69. The minimum absolute atomic E-state index is 0.771. The Morgan fingerprint density at radius 2 is 1.12 bits per heavy atom. The van der Waals surface area contributed by atoms with Crippen molar-refractivity contribution in [1.29, 1.82) is 0 Å². The first kappa shape index (κ1) is 12.8. The van der Waals surface area contributed by atoms with Crippen LogP contribution in [0.2, 0.25) is 0 Å². The zero-order chi connectivity index (χ0) is 12.7. The van der Waals surface area contributed by atoms with Gasteiger partial charge in [0.05, 0.1) is 0 Å². The molecule has 0 saturated carbocycles. The highest BCUT2D eigenvalue weighted by molar-refractivity contribution is 7.89. The predicted molar refractivity (Wildman–Crippen MR) is 42.5 cm³/mol. The first-order chi connectivity index (χ1) is 7.24. The second kappa shape index (κ2) is 3.98. The Labute approximate surface area is 86.9 Å². The van der Waals surface area contributed by atoms with E-state index in [9.17, 15) is 30.4 Å². The van der Waals surface area contributed by atoms with Crippen LogP contribution in [0.15, 0.2) is 4.90 Å². The summed E-state index contributed by atoms with van der Waals surface area (Å²) in [5.41, 5.74) is 0. The fraction of sp³-hybridized carbons (Fsp3) is 0.143. The zero-order valence-electron chi connectivity index (χ0n) is 7.61. The van der Waals surface area contributed by atoms with Gasteiger partial charge < -0.3 is 0 Å². The Bertz CT molecular complexity index is 513. The van der Waals surface area contributed by atoms with Crippen LogP contribution in [-0.2, 0) is 10.0 Å². The molecule has 0 aliphatic rings. The highest BCUT2D eigenvalue weighted by atomic mass is 32.2. The monoisotopic (exact) mass is 261 g/mol. The number of hydrogen-bond donors (Lipinski definition) is 1. The van der Waals surface area contributed by atoms with E-state index < -0.39 is 44.0 Å². The third kappa shape index (κ3) is 1.76. The van der Waals surface area contributed by atoms with Gasteiger partial charge in [-0.1, -0.05) is 0 Å². The maximum atomic E-state index is 12.9. The predicted octanol–water partition coefficient (Wildman–Crippen LogP) is 1.29. The molecule has 9 heteroatoms. The fourth-order valence-corrected chi connectivity index (χ4v) is 1.78. The Balaban J connectivity index is 3.79. The summed E-state index contributed by atoms with van der Waals surface area (Å²) in [4.78, 5) is -1.90. The number of hydrogen-bond acceptors (Lipinski definition) is 2. The van der Waals surface area contributed by atoms with Crippen molar-refractivity contribution in [2.45, 2.75) is 4.90 Å².